The van der Waals surface area contributed by atoms with Crippen LogP contribution in [0.1, 0.15) is 12.5 Å². The van der Waals surface area contributed by atoms with Gasteiger partial charge in [-0.25, -0.2) is 4.39 Å². The fraction of sp³-hybridized carbons (Fsp3) is 0.364. The summed E-state index contributed by atoms with van der Waals surface area (Å²) in [7, 11) is 0. The van der Waals surface area contributed by atoms with E-state index in [4.69, 9.17) is 16.3 Å². The second kappa shape index (κ2) is 6.33. The minimum atomic E-state index is -0.431. The first-order valence-corrected chi connectivity index (χ1v) is 5.44. The minimum Gasteiger partial charge on any atom is -0.491 e. The van der Waals surface area contributed by atoms with Crippen LogP contribution in [0.15, 0.2) is 18.2 Å². The molecular weight excluding hydrogens is 233 g/mol. The first-order chi connectivity index (χ1) is 7.67. The third-order valence-corrected chi connectivity index (χ3v) is 2.15. The molecule has 1 N–H and O–H groups in total. The van der Waals surface area contributed by atoms with Gasteiger partial charge in [0.25, 0.3) is 0 Å². The SMILES string of the molecule is CCOc1ccc(CNC(=O)CCl)cc1F. The molecule has 0 aromatic heterocycles. The van der Waals surface area contributed by atoms with Gasteiger partial charge in [0.2, 0.25) is 5.91 Å². The van der Waals surface area contributed by atoms with Crippen molar-refractivity contribution in [1.29, 1.82) is 0 Å². The van der Waals surface area contributed by atoms with Gasteiger partial charge in [0.1, 0.15) is 5.88 Å². The molecule has 0 saturated carbocycles. The number of hydrogen-bond donors (Lipinski definition) is 1. The third kappa shape index (κ3) is 3.70. The van der Waals surface area contributed by atoms with Gasteiger partial charge in [0.15, 0.2) is 11.6 Å². The van der Waals surface area contributed by atoms with Crippen molar-refractivity contribution in [3.63, 3.8) is 0 Å². The average Bonchev–Trinajstić information content (AvgIpc) is 2.29. The number of alkyl halides is 1. The van der Waals surface area contributed by atoms with Gasteiger partial charge in [-0.3, -0.25) is 4.79 Å². The molecule has 0 spiro atoms. The second-order valence-corrected chi connectivity index (χ2v) is 3.38. The van der Waals surface area contributed by atoms with Crippen LogP contribution in [-0.2, 0) is 11.3 Å². The van der Waals surface area contributed by atoms with Crippen molar-refractivity contribution in [2.45, 2.75) is 13.5 Å². The highest BCUT2D eigenvalue weighted by Gasteiger charge is 2.05. The van der Waals surface area contributed by atoms with Gasteiger partial charge in [-0.2, -0.15) is 0 Å². The normalized spacial score (nSPS) is 9.94. The fourth-order valence-electron chi connectivity index (χ4n) is 1.17. The molecule has 1 aromatic rings. The molecule has 1 aromatic carbocycles. The molecule has 16 heavy (non-hydrogen) atoms. The fourth-order valence-corrected chi connectivity index (χ4v) is 1.27. The first kappa shape index (κ1) is 12.8. The second-order valence-electron chi connectivity index (χ2n) is 3.11. The summed E-state index contributed by atoms with van der Waals surface area (Å²) in [6.45, 7) is 2.46. The standard InChI is InChI=1S/C11H13ClFNO2/c1-2-16-10-4-3-8(5-9(10)13)7-14-11(15)6-12/h3-5H,2,6-7H2,1H3,(H,14,15). The number of rotatable bonds is 5. The van der Waals surface area contributed by atoms with Crippen molar-refractivity contribution < 1.29 is 13.9 Å². The number of carbonyl (C=O) groups excluding carboxylic acids is 1. The Morgan fingerprint density at radius 2 is 2.31 bits per heavy atom. The van der Waals surface area contributed by atoms with Crippen molar-refractivity contribution in [3.05, 3.63) is 29.6 Å². The Labute approximate surface area is 98.5 Å². The average molecular weight is 246 g/mol. The molecule has 0 atom stereocenters. The van der Waals surface area contributed by atoms with Gasteiger partial charge in [-0.15, -0.1) is 11.6 Å². The number of benzene rings is 1. The van der Waals surface area contributed by atoms with Gasteiger partial charge in [-0.05, 0) is 24.6 Å². The minimum absolute atomic E-state index is 0.0977. The van der Waals surface area contributed by atoms with Crippen LogP contribution in [0.5, 0.6) is 5.75 Å². The van der Waals surface area contributed by atoms with Gasteiger partial charge in [0.05, 0.1) is 6.61 Å². The molecule has 3 nitrogen and oxygen atoms in total. The van der Waals surface area contributed by atoms with E-state index < -0.39 is 5.82 Å². The van der Waals surface area contributed by atoms with Crippen LogP contribution in [0.4, 0.5) is 4.39 Å². The van der Waals surface area contributed by atoms with Crippen LogP contribution in [0.25, 0.3) is 0 Å². The summed E-state index contributed by atoms with van der Waals surface area (Å²) in [5, 5.41) is 2.55. The molecule has 0 bridgehead atoms. The van der Waals surface area contributed by atoms with Crippen LogP contribution >= 0.6 is 11.6 Å². The lowest BCUT2D eigenvalue weighted by Crippen LogP contribution is -2.23. The maximum Gasteiger partial charge on any atom is 0.235 e. The lowest BCUT2D eigenvalue weighted by atomic mass is 10.2. The molecular formula is C11H13ClFNO2. The van der Waals surface area contributed by atoms with E-state index in [1.165, 1.54) is 6.07 Å². The zero-order chi connectivity index (χ0) is 12.0. The Morgan fingerprint density at radius 1 is 1.56 bits per heavy atom. The first-order valence-electron chi connectivity index (χ1n) is 4.91. The number of ether oxygens (including phenoxy) is 1. The molecule has 0 fully saturated rings. The summed E-state index contributed by atoms with van der Waals surface area (Å²) in [4.78, 5) is 10.9. The van der Waals surface area contributed by atoms with E-state index in [0.717, 1.165) is 0 Å². The number of nitrogens with one attached hydrogen (secondary N) is 1. The van der Waals surface area contributed by atoms with E-state index in [9.17, 15) is 9.18 Å². The van der Waals surface area contributed by atoms with Crippen molar-refractivity contribution in [1.82, 2.24) is 5.32 Å². The molecule has 0 aliphatic rings. The van der Waals surface area contributed by atoms with E-state index in [2.05, 4.69) is 5.32 Å². The van der Waals surface area contributed by atoms with Gasteiger partial charge >= 0.3 is 0 Å². The number of carbonyl (C=O) groups is 1. The van der Waals surface area contributed by atoms with E-state index in [1.54, 1.807) is 19.1 Å². The highest BCUT2D eigenvalue weighted by Crippen LogP contribution is 2.18. The molecule has 0 heterocycles. The Bertz CT molecular complexity index is 371. The molecule has 88 valence electrons. The molecule has 0 radical (unpaired) electrons. The summed E-state index contributed by atoms with van der Waals surface area (Å²) in [6.07, 6.45) is 0. The lowest BCUT2D eigenvalue weighted by Gasteiger charge is -2.07. The molecule has 0 saturated heterocycles. The van der Waals surface area contributed by atoms with Crippen LogP contribution < -0.4 is 10.1 Å². The Morgan fingerprint density at radius 3 is 2.88 bits per heavy atom. The predicted octanol–water partition coefficient (Wildman–Crippen LogP) is 2.08. The van der Waals surface area contributed by atoms with E-state index in [1.807, 2.05) is 0 Å². The quantitative estimate of drug-likeness (QED) is 0.807. The Balaban J connectivity index is 2.62. The van der Waals surface area contributed by atoms with Gasteiger partial charge in [-0.1, -0.05) is 6.07 Å². The van der Waals surface area contributed by atoms with Crippen LogP contribution in [0.2, 0.25) is 0 Å². The maximum atomic E-state index is 13.4. The number of hydrogen-bond acceptors (Lipinski definition) is 2. The summed E-state index contributed by atoms with van der Waals surface area (Å²) in [5.74, 6) is -0.593. The Hall–Kier alpha value is -1.29. The molecule has 1 rings (SSSR count). The molecule has 0 aliphatic heterocycles. The monoisotopic (exact) mass is 245 g/mol. The summed E-state index contributed by atoms with van der Waals surface area (Å²) in [6, 6.07) is 4.57. The molecule has 0 aliphatic carbocycles. The lowest BCUT2D eigenvalue weighted by molar-refractivity contribution is -0.118. The van der Waals surface area contributed by atoms with Crippen molar-refractivity contribution in [2.24, 2.45) is 0 Å². The van der Waals surface area contributed by atoms with E-state index in [-0.39, 0.29) is 24.1 Å². The third-order valence-electron chi connectivity index (χ3n) is 1.91. The number of halogens is 2. The smallest absolute Gasteiger partial charge is 0.235 e. The topological polar surface area (TPSA) is 38.3 Å². The van der Waals surface area contributed by atoms with Crippen LogP contribution in [0.3, 0.4) is 0 Å². The largest absolute Gasteiger partial charge is 0.491 e. The summed E-state index contributed by atoms with van der Waals surface area (Å²) < 4.78 is 18.4. The van der Waals surface area contributed by atoms with Crippen LogP contribution in [0, 0.1) is 5.82 Å². The maximum absolute atomic E-state index is 13.4. The zero-order valence-electron chi connectivity index (χ0n) is 8.93. The van der Waals surface area contributed by atoms with E-state index >= 15 is 0 Å². The van der Waals surface area contributed by atoms with Crippen molar-refractivity contribution in [2.75, 3.05) is 12.5 Å². The highest BCUT2D eigenvalue weighted by molar-refractivity contribution is 6.27. The van der Waals surface area contributed by atoms with Crippen LogP contribution in [-0.4, -0.2) is 18.4 Å². The van der Waals surface area contributed by atoms with Gasteiger partial charge in [0, 0.05) is 6.54 Å². The summed E-state index contributed by atoms with van der Waals surface area (Å²) in [5.41, 5.74) is 0.666. The van der Waals surface area contributed by atoms with Crippen molar-refractivity contribution >= 4 is 17.5 Å². The Kier molecular flexibility index (Phi) is 5.05. The molecule has 1 amide bonds. The highest BCUT2D eigenvalue weighted by atomic mass is 35.5. The number of amides is 1. The molecule has 5 heteroatoms. The predicted molar refractivity (Wildman–Crippen MR) is 60.1 cm³/mol. The van der Waals surface area contributed by atoms with Gasteiger partial charge < -0.3 is 10.1 Å². The van der Waals surface area contributed by atoms with E-state index in [0.29, 0.717) is 12.2 Å². The summed E-state index contributed by atoms with van der Waals surface area (Å²) >= 11 is 5.31. The van der Waals surface area contributed by atoms with Crippen molar-refractivity contribution in [3.8, 4) is 5.75 Å². The zero-order valence-corrected chi connectivity index (χ0v) is 9.68. The molecule has 0 unspecified atom stereocenters.